The zero-order valence-electron chi connectivity index (χ0n) is 11.2. The first kappa shape index (κ1) is 14.7. The van der Waals surface area contributed by atoms with Crippen molar-refractivity contribution in [1.29, 1.82) is 0 Å². The van der Waals surface area contributed by atoms with Crippen LogP contribution in [0.1, 0.15) is 25.5 Å². The van der Waals surface area contributed by atoms with Crippen LogP contribution in [-0.2, 0) is 11.3 Å². The predicted molar refractivity (Wildman–Crippen MR) is 75.2 cm³/mol. The molecule has 2 atom stereocenters. The van der Waals surface area contributed by atoms with Crippen molar-refractivity contribution in [3.8, 4) is 0 Å². The third-order valence-corrected chi connectivity index (χ3v) is 4.49. The molecule has 20 heavy (non-hydrogen) atoms. The minimum absolute atomic E-state index is 0.0668. The maximum Gasteiger partial charge on any atom is 0.327 e. The van der Waals surface area contributed by atoms with E-state index in [-0.39, 0.29) is 11.4 Å². The highest BCUT2D eigenvalue weighted by Gasteiger charge is 2.41. The number of hydrogen-bond acceptors (Lipinski definition) is 4. The molecule has 0 radical (unpaired) electrons. The molecule has 8 heteroatoms. The molecule has 0 spiro atoms. The van der Waals surface area contributed by atoms with E-state index >= 15 is 0 Å². The number of aliphatic carboxylic acids is 1. The van der Waals surface area contributed by atoms with Crippen LogP contribution < -0.4 is 5.32 Å². The number of aromatic nitrogens is 2. The maximum absolute atomic E-state index is 12.2. The molecule has 110 valence electrons. The van der Waals surface area contributed by atoms with Gasteiger partial charge in [0, 0.05) is 11.9 Å². The van der Waals surface area contributed by atoms with Crippen LogP contribution in [0.5, 0.6) is 0 Å². The SMILES string of the molecule is CCCC1SCC(C(=O)O)N1C(=O)NCc1cnc[nH]1. The molecular formula is C12H18N4O3S. The molecule has 2 unspecified atom stereocenters. The number of amides is 2. The summed E-state index contributed by atoms with van der Waals surface area (Å²) in [5, 5.41) is 11.9. The lowest BCUT2D eigenvalue weighted by atomic mass is 10.2. The van der Waals surface area contributed by atoms with Crippen LogP contribution in [0.3, 0.4) is 0 Å². The minimum Gasteiger partial charge on any atom is -0.480 e. The van der Waals surface area contributed by atoms with Gasteiger partial charge in [0.2, 0.25) is 0 Å². The summed E-state index contributed by atoms with van der Waals surface area (Å²) >= 11 is 1.53. The normalized spacial score (nSPS) is 21.9. The van der Waals surface area contributed by atoms with Gasteiger partial charge in [0.1, 0.15) is 6.04 Å². The van der Waals surface area contributed by atoms with Gasteiger partial charge < -0.3 is 15.4 Å². The van der Waals surface area contributed by atoms with Crippen LogP contribution in [0.15, 0.2) is 12.5 Å². The second kappa shape index (κ2) is 6.65. The summed E-state index contributed by atoms with van der Waals surface area (Å²) in [6.07, 6.45) is 4.87. The largest absolute Gasteiger partial charge is 0.480 e. The molecule has 1 fully saturated rings. The molecule has 2 heterocycles. The lowest BCUT2D eigenvalue weighted by molar-refractivity contribution is -0.141. The van der Waals surface area contributed by atoms with E-state index in [2.05, 4.69) is 15.3 Å². The Hall–Kier alpha value is -1.70. The summed E-state index contributed by atoms with van der Waals surface area (Å²) in [7, 11) is 0. The van der Waals surface area contributed by atoms with Crippen molar-refractivity contribution in [2.45, 2.75) is 37.7 Å². The third-order valence-electron chi connectivity index (χ3n) is 3.13. The van der Waals surface area contributed by atoms with Crippen LogP contribution in [-0.4, -0.2) is 49.1 Å². The molecule has 1 aliphatic heterocycles. The van der Waals surface area contributed by atoms with Gasteiger partial charge in [-0.3, -0.25) is 4.90 Å². The molecule has 0 aromatic carbocycles. The first-order chi connectivity index (χ1) is 9.63. The zero-order valence-corrected chi connectivity index (χ0v) is 12.0. The number of carbonyl (C=O) groups excluding carboxylic acids is 1. The van der Waals surface area contributed by atoms with Crippen LogP contribution in [0.2, 0.25) is 0 Å². The second-order valence-corrected chi connectivity index (χ2v) is 5.78. The van der Waals surface area contributed by atoms with Gasteiger partial charge in [0.15, 0.2) is 0 Å². The van der Waals surface area contributed by atoms with Crippen LogP contribution in [0.25, 0.3) is 0 Å². The first-order valence-corrected chi connectivity index (χ1v) is 7.56. The number of thioether (sulfide) groups is 1. The maximum atomic E-state index is 12.2. The molecule has 1 aromatic rings. The lowest BCUT2D eigenvalue weighted by Gasteiger charge is -2.27. The summed E-state index contributed by atoms with van der Waals surface area (Å²) in [5.74, 6) is -0.509. The van der Waals surface area contributed by atoms with Gasteiger partial charge in [0.05, 0.1) is 23.9 Å². The molecule has 0 bridgehead atoms. The highest BCUT2D eigenvalue weighted by atomic mass is 32.2. The van der Waals surface area contributed by atoms with E-state index < -0.39 is 12.0 Å². The Morgan fingerprint density at radius 2 is 2.45 bits per heavy atom. The lowest BCUT2D eigenvalue weighted by Crippen LogP contribution is -2.50. The number of H-pyrrole nitrogens is 1. The molecule has 7 nitrogen and oxygen atoms in total. The van der Waals surface area contributed by atoms with Crippen molar-refractivity contribution in [1.82, 2.24) is 20.2 Å². The van der Waals surface area contributed by atoms with Crippen molar-refractivity contribution in [3.63, 3.8) is 0 Å². The monoisotopic (exact) mass is 298 g/mol. The van der Waals surface area contributed by atoms with E-state index in [1.807, 2.05) is 6.92 Å². The molecule has 1 aromatic heterocycles. The van der Waals surface area contributed by atoms with Crippen LogP contribution >= 0.6 is 11.8 Å². The van der Waals surface area contributed by atoms with Gasteiger partial charge in [-0.15, -0.1) is 11.8 Å². The molecule has 1 saturated heterocycles. The third kappa shape index (κ3) is 3.24. The van der Waals surface area contributed by atoms with E-state index in [0.717, 1.165) is 18.5 Å². The van der Waals surface area contributed by atoms with Crippen molar-refractivity contribution < 1.29 is 14.7 Å². The summed E-state index contributed by atoms with van der Waals surface area (Å²) in [5.41, 5.74) is 0.782. The summed E-state index contributed by atoms with van der Waals surface area (Å²) < 4.78 is 0. The van der Waals surface area contributed by atoms with Crippen LogP contribution in [0, 0.1) is 0 Å². The first-order valence-electron chi connectivity index (χ1n) is 6.51. The second-order valence-electron chi connectivity index (χ2n) is 4.57. The Morgan fingerprint density at radius 3 is 3.05 bits per heavy atom. The molecule has 2 rings (SSSR count). The van der Waals surface area contributed by atoms with Gasteiger partial charge in [-0.25, -0.2) is 14.6 Å². The van der Waals surface area contributed by atoms with Crippen molar-refractivity contribution >= 4 is 23.8 Å². The number of imidazole rings is 1. The Balaban J connectivity index is 2.00. The highest BCUT2D eigenvalue weighted by Crippen LogP contribution is 2.32. The van der Waals surface area contributed by atoms with Gasteiger partial charge in [-0.1, -0.05) is 13.3 Å². The summed E-state index contributed by atoms with van der Waals surface area (Å²) in [6.45, 7) is 2.33. The van der Waals surface area contributed by atoms with Crippen LogP contribution in [0.4, 0.5) is 4.79 Å². The molecule has 1 aliphatic rings. The standard InChI is InChI=1S/C12H18N4O3S/c1-2-3-10-16(9(6-20-10)11(17)18)12(19)14-5-8-4-13-7-15-8/h4,7,9-10H,2-3,5-6H2,1H3,(H,13,15)(H,14,19)(H,17,18). The summed E-state index contributed by atoms with van der Waals surface area (Å²) in [6, 6.07) is -1.09. The van der Waals surface area contributed by atoms with Crippen molar-refractivity contribution in [2.75, 3.05) is 5.75 Å². The number of carboxylic acids is 1. The number of carboxylic acid groups (broad SMARTS) is 1. The summed E-state index contributed by atoms with van der Waals surface area (Å²) in [4.78, 5) is 31.7. The number of carbonyl (C=O) groups is 2. The van der Waals surface area contributed by atoms with Gasteiger partial charge in [-0.05, 0) is 6.42 Å². The average molecular weight is 298 g/mol. The number of aromatic amines is 1. The molecule has 2 amide bonds. The Kier molecular flexibility index (Phi) is 4.89. The van der Waals surface area contributed by atoms with E-state index in [9.17, 15) is 14.7 Å². The van der Waals surface area contributed by atoms with Crippen molar-refractivity contribution in [2.24, 2.45) is 0 Å². The fourth-order valence-corrected chi connectivity index (χ4v) is 3.65. The van der Waals surface area contributed by atoms with E-state index in [1.54, 1.807) is 6.20 Å². The Labute approximate surface area is 121 Å². The zero-order chi connectivity index (χ0) is 14.5. The smallest absolute Gasteiger partial charge is 0.327 e. The molecule has 0 saturated carbocycles. The number of urea groups is 1. The molecule has 3 N–H and O–H groups in total. The van der Waals surface area contributed by atoms with Gasteiger partial charge in [0.25, 0.3) is 0 Å². The Morgan fingerprint density at radius 1 is 1.65 bits per heavy atom. The fraction of sp³-hybridized carbons (Fsp3) is 0.583. The fourth-order valence-electron chi connectivity index (χ4n) is 2.14. The van der Waals surface area contributed by atoms with E-state index in [4.69, 9.17) is 0 Å². The minimum atomic E-state index is -0.951. The number of nitrogens with one attached hydrogen (secondary N) is 2. The van der Waals surface area contributed by atoms with E-state index in [0.29, 0.717) is 12.3 Å². The number of hydrogen-bond donors (Lipinski definition) is 3. The number of rotatable bonds is 5. The van der Waals surface area contributed by atoms with Gasteiger partial charge >= 0.3 is 12.0 Å². The van der Waals surface area contributed by atoms with E-state index in [1.165, 1.54) is 23.0 Å². The number of nitrogens with zero attached hydrogens (tertiary/aromatic N) is 2. The van der Waals surface area contributed by atoms with Gasteiger partial charge in [-0.2, -0.15) is 0 Å². The quantitative estimate of drug-likeness (QED) is 0.760. The topological polar surface area (TPSA) is 98.3 Å². The molecule has 0 aliphatic carbocycles. The average Bonchev–Trinajstić information content (AvgIpc) is 3.05. The highest BCUT2D eigenvalue weighted by molar-refractivity contribution is 8.00. The Bertz CT molecular complexity index is 465. The molecular weight excluding hydrogens is 280 g/mol. The van der Waals surface area contributed by atoms with Crippen molar-refractivity contribution in [3.05, 3.63) is 18.2 Å². The predicted octanol–water partition coefficient (Wildman–Crippen LogP) is 1.25.